The van der Waals surface area contributed by atoms with Crippen LogP contribution >= 0.6 is 0 Å². The second-order valence-electron chi connectivity index (χ2n) is 3.82. The molecule has 0 saturated carbocycles. The Kier molecular flexibility index (Phi) is 4.71. The van der Waals surface area contributed by atoms with Crippen molar-refractivity contribution in [2.24, 2.45) is 0 Å². The van der Waals surface area contributed by atoms with Crippen LogP contribution in [-0.2, 0) is 26.7 Å². The van der Waals surface area contributed by atoms with Crippen LogP contribution in [0.25, 0.3) is 0 Å². The van der Waals surface area contributed by atoms with Gasteiger partial charge in [0.1, 0.15) is 5.75 Å². The largest absolute Gasteiger partial charge is 0.383 e. The summed E-state index contributed by atoms with van der Waals surface area (Å²) in [5.74, 6) is -0.147. The van der Waals surface area contributed by atoms with Crippen LogP contribution in [0.3, 0.4) is 0 Å². The summed E-state index contributed by atoms with van der Waals surface area (Å²) in [5, 5.41) is 0. The van der Waals surface area contributed by atoms with Gasteiger partial charge in [-0.1, -0.05) is 12.1 Å². The lowest BCUT2D eigenvalue weighted by Gasteiger charge is -2.05. The Hall–Kier alpha value is -1.12. The van der Waals surface area contributed by atoms with Crippen LogP contribution in [0.5, 0.6) is 5.75 Å². The van der Waals surface area contributed by atoms with E-state index in [1.807, 2.05) is 0 Å². The molecule has 0 heterocycles. The minimum atomic E-state index is -3.96. The van der Waals surface area contributed by atoms with Gasteiger partial charge in [-0.25, -0.2) is 0 Å². The molecule has 1 N–H and O–H groups in total. The predicted molar refractivity (Wildman–Crippen MR) is 66.7 cm³/mol. The van der Waals surface area contributed by atoms with Crippen molar-refractivity contribution in [1.29, 1.82) is 0 Å². The zero-order valence-corrected chi connectivity index (χ0v) is 11.4. The summed E-state index contributed by atoms with van der Waals surface area (Å²) in [4.78, 5) is 0. The van der Waals surface area contributed by atoms with E-state index in [1.165, 1.54) is 12.1 Å². The molecule has 0 aliphatic rings. The Morgan fingerprint density at radius 2 is 1.89 bits per heavy atom. The van der Waals surface area contributed by atoms with Gasteiger partial charge < -0.3 is 4.18 Å². The lowest BCUT2D eigenvalue weighted by atomic mass is 10.1. The Labute approximate surface area is 106 Å². The molecule has 0 radical (unpaired) electrons. The van der Waals surface area contributed by atoms with Crippen LogP contribution in [-0.4, -0.2) is 33.4 Å². The lowest BCUT2D eigenvalue weighted by molar-refractivity contribution is 0.481. The number of rotatable bonds is 6. The SMILES string of the molecule is CS(=O)(=O)Oc1cccc(CCCS(=O)(=O)O)c1. The van der Waals surface area contributed by atoms with Crippen LogP contribution in [0.4, 0.5) is 0 Å². The van der Waals surface area contributed by atoms with Crippen LogP contribution in [0, 0.1) is 0 Å². The molecule has 0 spiro atoms. The maximum absolute atomic E-state index is 10.9. The molecule has 0 atom stereocenters. The van der Waals surface area contributed by atoms with Gasteiger partial charge in [-0.2, -0.15) is 16.8 Å². The van der Waals surface area contributed by atoms with Gasteiger partial charge in [0.25, 0.3) is 10.1 Å². The summed E-state index contributed by atoms with van der Waals surface area (Å²) in [5.41, 5.74) is 0.736. The molecule has 8 heteroatoms. The molecule has 1 aromatic rings. The molecular formula is C10H14O6S2. The second-order valence-corrected chi connectivity index (χ2v) is 6.97. The van der Waals surface area contributed by atoms with Crippen molar-refractivity contribution < 1.29 is 25.6 Å². The predicted octanol–water partition coefficient (Wildman–Crippen LogP) is 0.845. The molecule has 102 valence electrons. The summed E-state index contributed by atoms with van der Waals surface area (Å²) in [6.45, 7) is 0. The Morgan fingerprint density at radius 1 is 1.22 bits per heavy atom. The second kappa shape index (κ2) is 5.68. The third-order valence-corrected chi connectivity index (χ3v) is 3.31. The molecule has 0 aliphatic heterocycles. The van der Waals surface area contributed by atoms with Crippen LogP contribution in [0.15, 0.2) is 24.3 Å². The van der Waals surface area contributed by atoms with Crippen LogP contribution < -0.4 is 4.18 Å². The summed E-state index contributed by atoms with van der Waals surface area (Å²) in [6, 6.07) is 6.35. The summed E-state index contributed by atoms with van der Waals surface area (Å²) >= 11 is 0. The minimum absolute atomic E-state index is 0.182. The van der Waals surface area contributed by atoms with Crippen molar-refractivity contribution in [3.63, 3.8) is 0 Å². The molecular weight excluding hydrogens is 280 g/mol. The number of hydrogen-bond donors (Lipinski definition) is 1. The van der Waals surface area contributed by atoms with E-state index in [4.69, 9.17) is 8.74 Å². The van der Waals surface area contributed by atoms with E-state index in [0.717, 1.165) is 11.8 Å². The normalized spacial score (nSPS) is 12.3. The van der Waals surface area contributed by atoms with E-state index < -0.39 is 20.2 Å². The first-order chi connectivity index (χ1) is 8.16. The fourth-order valence-corrected chi connectivity index (χ4v) is 2.35. The zero-order chi connectivity index (χ0) is 13.8. The molecule has 0 aromatic heterocycles. The van der Waals surface area contributed by atoms with Crippen LogP contribution in [0.1, 0.15) is 12.0 Å². The Balaban J connectivity index is 2.66. The van der Waals surface area contributed by atoms with Gasteiger partial charge in [0.2, 0.25) is 0 Å². The first-order valence-corrected chi connectivity index (χ1v) is 8.52. The van der Waals surface area contributed by atoms with Crippen molar-refractivity contribution in [2.75, 3.05) is 12.0 Å². The summed E-state index contributed by atoms with van der Waals surface area (Å²) < 4.78 is 56.2. The molecule has 18 heavy (non-hydrogen) atoms. The highest BCUT2D eigenvalue weighted by Gasteiger charge is 2.07. The summed E-state index contributed by atoms with van der Waals surface area (Å²) in [7, 11) is -7.53. The maximum Gasteiger partial charge on any atom is 0.306 e. The molecule has 1 rings (SSSR count). The zero-order valence-electron chi connectivity index (χ0n) is 9.74. The first-order valence-electron chi connectivity index (χ1n) is 5.09. The van der Waals surface area contributed by atoms with Crippen molar-refractivity contribution in [3.05, 3.63) is 29.8 Å². The topological polar surface area (TPSA) is 97.7 Å². The Bertz CT molecular complexity index is 603. The quantitative estimate of drug-likeness (QED) is 0.617. The van der Waals surface area contributed by atoms with E-state index in [9.17, 15) is 16.8 Å². The fourth-order valence-electron chi connectivity index (χ4n) is 1.39. The van der Waals surface area contributed by atoms with E-state index in [2.05, 4.69) is 0 Å². The number of hydrogen-bond acceptors (Lipinski definition) is 5. The van der Waals surface area contributed by atoms with Crippen molar-refractivity contribution in [3.8, 4) is 5.75 Å². The van der Waals surface area contributed by atoms with E-state index in [0.29, 0.717) is 6.42 Å². The molecule has 6 nitrogen and oxygen atoms in total. The highest BCUT2D eigenvalue weighted by Crippen LogP contribution is 2.16. The lowest BCUT2D eigenvalue weighted by Crippen LogP contribution is -2.06. The standard InChI is InChI=1S/C10H14O6S2/c1-17(11,12)16-10-6-2-4-9(8-10)5-3-7-18(13,14)15/h2,4,6,8H,3,5,7H2,1H3,(H,13,14,15). The summed E-state index contributed by atoms with van der Waals surface area (Å²) in [6.07, 6.45) is 1.60. The maximum atomic E-state index is 10.9. The molecule has 0 fully saturated rings. The molecule has 0 amide bonds. The highest BCUT2D eigenvalue weighted by atomic mass is 32.2. The van der Waals surface area contributed by atoms with Gasteiger partial charge in [-0.3, -0.25) is 4.55 Å². The van der Waals surface area contributed by atoms with E-state index >= 15 is 0 Å². The van der Waals surface area contributed by atoms with E-state index in [-0.39, 0.29) is 17.9 Å². The number of aryl methyl sites for hydroxylation is 1. The average Bonchev–Trinajstić information content (AvgIpc) is 2.13. The average molecular weight is 294 g/mol. The highest BCUT2D eigenvalue weighted by molar-refractivity contribution is 7.86. The first kappa shape index (κ1) is 14.9. The molecule has 0 bridgehead atoms. The van der Waals surface area contributed by atoms with Gasteiger partial charge >= 0.3 is 10.1 Å². The van der Waals surface area contributed by atoms with Gasteiger partial charge in [-0.15, -0.1) is 0 Å². The third-order valence-electron chi connectivity index (χ3n) is 2.01. The third kappa shape index (κ3) is 6.58. The monoisotopic (exact) mass is 294 g/mol. The van der Waals surface area contributed by atoms with Gasteiger partial charge in [0.15, 0.2) is 0 Å². The minimum Gasteiger partial charge on any atom is -0.383 e. The van der Waals surface area contributed by atoms with Gasteiger partial charge in [0.05, 0.1) is 12.0 Å². The molecule has 1 aromatic carbocycles. The van der Waals surface area contributed by atoms with Crippen molar-refractivity contribution in [2.45, 2.75) is 12.8 Å². The Morgan fingerprint density at radius 3 is 2.44 bits per heavy atom. The smallest absolute Gasteiger partial charge is 0.306 e. The molecule has 0 aliphatic carbocycles. The molecule has 0 unspecified atom stereocenters. The van der Waals surface area contributed by atoms with Gasteiger partial charge in [-0.05, 0) is 30.5 Å². The fraction of sp³-hybridized carbons (Fsp3) is 0.400. The number of benzene rings is 1. The van der Waals surface area contributed by atoms with Crippen LogP contribution in [0.2, 0.25) is 0 Å². The van der Waals surface area contributed by atoms with Crippen molar-refractivity contribution >= 4 is 20.2 Å². The van der Waals surface area contributed by atoms with Crippen molar-refractivity contribution in [1.82, 2.24) is 0 Å². The molecule has 0 saturated heterocycles. The van der Waals surface area contributed by atoms with E-state index in [1.54, 1.807) is 12.1 Å². The van der Waals surface area contributed by atoms with Gasteiger partial charge in [0, 0.05) is 0 Å².